The topological polar surface area (TPSA) is 85.3 Å². The summed E-state index contributed by atoms with van der Waals surface area (Å²) in [6.07, 6.45) is 3.17. The van der Waals surface area contributed by atoms with Crippen LogP contribution in [0.4, 0.5) is 5.82 Å². The van der Waals surface area contributed by atoms with Crippen LogP contribution in [-0.2, 0) is 4.79 Å². The molecule has 0 radical (unpaired) electrons. The third-order valence-corrected chi connectivity index (χ3v) is 2.48. The molecule has 0 saturated heterocycles. The maximum atomic E-state index is 11.1. The molecular formula is C12H11N5O2. The molecule has 0 atom stereocenters. The lowest BCUT2D eigenvalue weighted by Gasteiger charge is -2.04. The van der Waals surface area contributed by atoms with Crippen molar-refractivity contribution in [3.63, 3.8) is 0 Å². The molecule has 0 bridgehead atoms. The first-order valence-electron chi connectivity index (χ1n) is 5.69. The molecule has 19 heavy (non-hydrogen) atoms. The second-order valence-electron chi connectivity index (χ2n) is 4.06. The Hall–Kier alpha value is -2.70. The average molecular weight is 257 g/mol. The number of carbonyl (C=O) groups is 1. The number of amides is 1. The summed E-state index contributed by atoms with van der Waals surface area (Å²) in [5, 5.41) is 6.85. The zero-order valence-electron chi connectivity index (χ0n) is 10.4. The van der Waals surface area contributed by atoms with E-state index in [-0.39, 0.29) is 5.91 Å². The Balaban J connectivity index is 2.24. The van der Waals surface area contributed by atoms with Gasteiger partial charge < -0.3 is 9.73 Å². The van der Waals surface area contributed by atoms with Crippen LogP contribution in [0.15, 0.2) is 29.0 Å². The van der Waals surface area contributed by atoms with Gasteiger partial charge in [-0.2, -0.15) is 5.10 Å². The molecule has 3 aromatic rings. The Kier molecular flexibility index (Phi) is 2.52. The summed E-state index contributed by atoms with van der Waals surface area (Å²) in [6, 6.07) is 3.55. The van der Waals surface area contributed by atoms with Crippen molar-refractivity contribution in [3.8, 4) is 11.5 Å². The van der Waals surface area contributed by atoms with E-state index in [9.17, 15) is 4.79 Å². The largest absolute Gasteiger partial charge is 0.463 e. The van der Waals surface area contributed by atoms with E-state index in [1.165, 1.54) is 6.92 Å². The highest BCUT2D eigenvalue weighted by molar-refractivity contribution is 5.88. The van der Waals surface area contributed by atoms with Crippen LogP contribution < -0.4 is 5.32 Å². The van der Waals surface area contributed by atoms with Gasteiger partial charge in [-0.05, 0) is 19.1 Å². The van der Waals surface area contributed by atoms with E-state index in [2.05, 4.69) is 20.4 Å². The lowest BCUT2D eigenvalue weighted by molar-refractivity contribution is -0.114. The first-order chi connectivity index (χ1) is 9.13. The molecule has 0 saturated carbocycles. The van der Waals surface area contributed by atoms with Crippen LogP contribution >= 0.6 is 0 Å². The molecule has 3 heterocycles. The van der Waals surface area contributed by atoms with Crippen molar-refractivity contribution in [2.75, 3.05) is 5.32 Å². The first kappa shape index (κ1) is 11.4. The Morgan fingerprint density at radius 2 is 2.26 bits per heavy atom. The fourth-order valence-corrected chi connectivity index (χ4v) is 1.82. The van der Waals surface area contributed by atoms with Gasteiger partial charge in [-0.15, -0.1) is 0 Å². The number of nitrogens with zero attached hydrogens (tertiary/aromatic N) is 4. The van der Waals surface area contributed by atoms with Gasteiger partial charge in [0, 0.05) is 6.92 Å². The zero-order chi connectivity index (χ0) is 13.4. The van der Waals surface area contributed by atoms with Crippen LogP contribution in [0.1, 0.15) is 12.7 Å². The quantitative estimate of drug-likeness (QED) is 0.754. The fourth-order valence-electron chi connectivity index (χ4n) is 1.82. The van der Waals surface area contributed by atoms with E-state index < -0.39 is 0 Å². The maximum absolute atomic E-state index is 11.1. The maximum Gasteiger partial charge on any atom is 0.222 e. The monoisotopic (exact) mass is 257 g/mol. The molecule has 1 N–H and O–H groups in total. The van der Waals surface area contributed by atoms with Gasteiger partial charge in [0.05, 0.1) is 12.5 Å². The van der Waals surface area contributed by atoms with Gasteiger partial charge in [0.1, 0.15) is 5.82 Å². The molecule has 0 unspecified atom stereocenters. The molecule has 7 heteroatoms. The number of furan rings is 1. The van der Waals surface area contributed by atoms with Gasteiger partial charge in [-0.25, -0.2) is 14.5 Å². The standard InChI is InChI=1S/C12H11N5O2/c1-7-13-12-11(9-4-3-5-19-9)15-10(14-8(2)18)6-17(12)16-7/h3-6H,1-2H3,(H,14,18). The first-order valence-corrected chi connectivity index (χ1v) is 5.69. The summed E-state index contributed by atoms with van der Waals surface area (Å²) < 4.78 is 6.92. The number of nitrogens with one attached hydrogen (secondary N) is 1. The van der Waals surface area contributed by atoms with Gasteiger partial charge in [-0.1, -0.05) is 0 Å². The van der Waals surface area contributed by atoms with Crippen molar-refractivity contribution in [2.24, 2.45) is 0 Å². The minimum absolute atomic E-state index is 0.200. The number of carbonyl (C=O) groups excluding carboxylic acids is 1. The van der Waals surface area contributed by atoms with Crippen molar-refractivity contribution in [3.05, 3.63) is 30.4 Å². The van der Waals surface area contributed by atoms with E-state index in [0.717, 1.165) is 0 Å². The Morgan fingerprint density at radius 1 is 1.42 bits per heavy atom. The van der Waals surface area contributed by atoms with Crippen molar-refractivity contribution >= 4 is 17.4 Å². The zero-order valence-corrected chi connectivity index (χ0v) is 10.4. The SMILES string of the molecule is CC(=O)Nc1cn2nc(C)nc2c(-c2ccco2)n1. The molecule has 0 aliphatic rings. The number of aryl methyl sites for hydroxylation is 1. The molecule has 0 aromatic carbocycles. The van der Waals surface area contributed by atoms with Crippen LogP contribution in [0.5, 0.6) is 0 Å². The van der Waals surface area contributed by atoms with Gasteiger partial charge in [0.2, 0.25) is 5.91 Å². The van der Waals surface area contributed by atoms with E-state index in [0.29, 0.717) is 28.7 Å². The summed E-state index contributed by atoms with van der Waals surface area (Å²) in [6.45, 7) is 3.21. The number of hydrogen-bond acceptors (Lipinski definition) is 5. The highest BCUT2D eigenvalue weighted by atomic mass is 16.3. The lowest BCUT2D eigenvalue weighted by Crippen LogP contribution is -2.09. The van der Waals surface area contributed by atoms with Crippen molar-refractivity contribution < 1.29 is 9.21 Å². The predicted octanol–water partition coefficient (Wildman–Crippen LogP) is 1.65. The molecule has 7 nitrogen and oxygen atoms in total. The van der Waals surface area contributed by atoms with Crippen molar-refractivity contribution in [2.45, 2.75) is 13.8 Å². The van der Waals surface area contributed by atoms with E-state index in [4.69, 9.17) is 4.42 Å². The van der Waals surface area contributed by atoms with E-state index >= 15 is 0 Å². The highest BCUT2D eigenvalue weighted by Gasteiger charge is 2.14. The fraction of sp³-hybridized carbons (Fsp3) is 0.167. The minimum Gasteiger partial charge on any atom is -0.463 e. The second-order valence-corrected chi connectivity index (χ2v) is 4.06. The molecule has 96 valence electrons. The average Bonchev–Trinajstić information content (AvgIpc) is 2.94. The Labute approximate surface area is 108 Å². The third-order valence-electron chi connectivity index (χ3n) is 2.48. The molecule has 0 spiro atoms. The lowest BCUT2D eigenvalue weighted by atomic mass is 10.3. The normalized spacial score (nSPS) is 10.8. The Bertz CT molecular complexity index is 745. The van der Waals surface area contributed by atoms with Crippen LogP contribution in [0.2, 0.25) is 0 Å². The van der Waals surface area contributed by atoms with Crippen molar-refractivity contribution in [1.29, 1.82) is 0 Å². The minimum atomic E-state index is -0.200. The molecule has 3 rings (SSSR count). The molecule has 0 fully saturated rings. The Morgan fingerprint density at radius 3 is 2.95 bits per heavy atom. The number of rotatable bonds is 2. The summed E-state index contributed by atoms with van der Waals surface area (Å²) in [4.78, 5) is 19.8. The van der Waals surface area contributed by atoms with Gasteiger partial charge in [0.25, 0.3) is 0 Å². The van der Waals surface area contributed by atoms with Gasteiger partial charge >= 0.3 is 0 Å². The third kappa shape index (κ3) is 2.05. The number of hydrogen-bond donors (Lipinski definition) is 1. The van der Waals surface area contributed by atoms with Crippen LogP contribution in [0.3, 0.4) is 0 Å². The van der Waals surface area contributed by atoms with E-state index in [1.807, 2.05) is 0 Å². The van der Waals surface area contributed by atoms with Crippen LogP contribution in [0, 0.1) is 6.92 Å². The summed E-state index contributed by atoms with van der Waals surface area (Å²) in [5.74, 6) is 1.39. The molecule has 0 aliphatic heterocycles. The van der Waals surface area contributed by atoms with Crippen LogP contribution in [0.25, 0.3) is 17.1 Å². The van der Waals surface area contributed by atoms with Gasteiger partial charge in [0.15, 0.2) is 22.9 Å². The summed E-state index contributed by atoms with van der Waals surface area (Å²) >= 11 is 0. The number of aromatic nitrogens is 4. The molecule has 0 aliphatic carbocycles. The highest BCUT2D eigenvalue weighted by Crippen LogP contribution is 2.23. The second kappa shape index (κ2) is 4.20. The van der Waals surface area contributed by atoms with Crippen LogP contribution in [-0.4, -0.2) is 25.5 Å². The molecule has 3 aromatic heterocycles. The smallest absolute Gasteiger partial charge is 0.222 e. The predicted molar refractivity (Wildman–Crippen MR) is 67.5 cm³/mol. The summed E-state index contributed by atoms with van der Waals surface area (Å²) in [7, 11) is 0. The number of fused-ring (bicyclic) bond motifs is 1. The van der Waals surface area contributed by atoms with Crippen molar-refractivity contribution in [1.82, 2.24) is 19.6 Å². The van der Waals surface area contributed by atoms with Gasteiger partial charge in [-0.3, -0.25) is 4.79 Å². The summed E-state index contributed by atoms with van der Waals surface area (Å²) in [5.41, 5.74) is 1.12. The molecular weight excluding hydrogens is 246 g/mol. The van der Waals surface area contributed by atoms with E-state index in [1.54, 1.807) is 36.0 Å². The number of anilines is 1. The molecule has 1 amide bonds.